The normalized spacial score (nSPS) is 12.7. The lowest BCUT2D eigenvalue weighted by atomic mass is 10.0. The molecule has 0 aliphatic rings. The first-order chi connectivity index (χ1) is 20.1. The molecule has 4 nitrogen and oxygen atoms in total. The third-order valence-electron chi connectivity index (χ3n) is 7.43. The molecule has 0 radical (unpaired) electrons. The Morgan fingerprint density at radius 2 is 1.50 bits per heavy atom. The molecule has 0 aliphatic heterocycles. The van der Waals surface area contributed by atoms with E-state index < -0.39 is 10.3 Å². The molecule has 0 fully saturated rings. The molecule has 4 aromatic carbocycles. The van der Waals surface area contributed by atoms with Gasteiger partial charge in [-0.3, -0.25) is 4.68 Å². The summed E-state index contributed by atoms with van der Waals surface area (Å²) in [4.78, 5) is 4.46. The Balaban J connectivity index is 1.60. The van der Waals surface area contributed by atoms with Crippen LogP contribution in [0.3, 0.4) is 0 Å². The van der Waals surface area contributed by atoms with Crippen molar-refractivity contribution in [3.05, 3.63) is 119 Å². The van der Waals surface area contributed by atoms with Crippen LogP contribution in [0.15, 0.2) is 111 Å². The summed E-state index contributed by atoms with van der Waals surface area (Å²) < 4.78 is 24.6. The molecule has 42 heavy (non-hydrogen) atoms. The Labute approximate surface area is 259 Å². The van der Waals surface area contributed by atoms with Crippen LogP contribution in [0.4, 0.5) is 4.39 Å². The molecule has 0 amide bonds. The molecule has 5 rings (SSSR count). The Bertz CT molecular complexity index is 1610. The second kappa shape index (κ2) is 12.6. The van der Waals surface area contributed by atoms with Crippen molar-refractivity contribution in [2.45, 2.75) is 54.7 Å². The number of fused-ring (bicyclic) bond motifs is 1. The molecule has 220 valence electrons. The fourth-order valence-corrected chi connectivity index (χ4v) is 9.46. The predicted molar refractivity (Wildman–Crippen MR) is 177 cm³/mol. The average Bonchev–Trinajstić information content (AvgIpc) is 3.32. The van der Waals surface area contributed by atoms with Crippen LogP contribution in [-0.2, 0) is 19.4 Å². The smallest absolute Gasteiger partial charge is 0.143 e. The average molecular weight is 649 g/mol. The molecule has 1 aromatic heterocycles. The molecule has 7 heteroatoms. The summed E-state index contributed by atoms with van der Waals surface area (Å²) in [5, 5.41) is 6.40. The van der Waals surface area contributed by atoms with Gasteiger partial charge in [-0.1, -0.05) is 42.5 Å². The van der Waals surface area contributed by atoms with E-state index >= 15 is 0 Å². The maximum absolute atomic E-state index is 14.6. The van der Waals surface area contributed by atoms with E-state index in [9.17, 15) is 4.39 Å². The minimum atomic E-state index is -2.05. The molecular formula is C35H39BrFN3OS. The van der Waals surface area contributed by atoms with Gasteiger partial charge in [0.25, 0.3) is 0 Å². The number of aryl methyl sites for hydroxylation is 2. The topological polar surface area (TPSA) is 30.3 Å². The Morgan fingerprint density at radius 1 is 0.857 bits per heavy atom. The fraction of sp³-hybridized carbons (Fsp3) is 0.286. The zero-order valence-corrected chi connectivity index (χ0v) is 27.4. The summed E-state index contributed by atoms with van der Waals surface area (Å²) in [6.45, 7) is 8.48. The Kier molecular flexibility index (Phi) is 9.11. The van der Waals surface area contributed by atoms with Gasteiger partial charge in [0.1, 0.15) is 16.2 Å². The summed E-state index contributed by atoms with van der Waals surface area (Å²) in [7, 11) is 2.09. The molecule has 0 aliphatic carbocycles. The number of benzene rings is 4. The molecule has 1 heterocycles. The van der Waals surface area contributed by atoms with Crippen molar-refractivity contribution in [3.63, 3.8) is 0 Å². The number of hydrogen-bond acceptors (Lipinski definition) is 3. The number of hydrogen-bond donors (Lipinski definition) is 0. The molecular weight excluding hydrogens is 609 g/mol. The highest BCUT2D eigenvalue weighted by Crippen LogP contribution is 2.70. The van der Waals surface area contributed by atoms with Crippen molar-refractivity contribution >= 4 is 37.0 Å². The highest BCUT2D eigenvalue weighted by atomic mass is 79.9. The third-order valence-corrected chi connectivity index (χ3v) is 11.8. The molecule has 0 spiro atoms. The van der Waals surface area contributed by atoms with Gasteiger partial charge in [0.05, 0.1) is 6.54 Å². The van der Waals surface area contributed by atoms with E-state index in [1.807, 2.05) is 18.2 Å². The van der Waals surface area contributed by atoms with E-state index in [1.54, 1.807) is 6.07 Å². The number of rotatable bonds is 10. The quantitative estimate of drug-likeness (QED) is 0.151. The Morgan fingerprint density at radius 3 is 2.10 bits per heavy atom. The van der Waals surface area contributed by atoms with Crippen molar-refractivity contribution in [3.8, 4) is 5.75 Å². The number of likely N-dealkylation sites (N-methyl/N-ethyl adjacent to an activating group) is 1. The van der Waals surface area contributed by atoms with Crippen LogP contribution in [-0.4, -0.2) is 40.1 Å². The van der Waals surface area contributed by atoms with Gasteiger partial charge in [0.2, 0.25) is 0 Å². The first-order valence-corrected chi connectivity index (χ1v) is 16.6. The SMILES string of the molecule is CN(C)CCn1nc(Br)cc1CCc1cc(OS(c2ccccc2)(c2ccccc2)C(C)(C)C)c2ccc(F)cc2c1. The van der Waals surface area contributed by atoms with Gasteiger partial charge in [-0.05, 0) is 139 Å². The summed E-state index contributed by atoms with van der Waals surface area (Å²) in [5.74, 6) is 0.527. The lowest BCUT2D eigenvalue weighted by Gasteiger charge is -2.50. The van der Waals surface area contributed by atoms with Crippen LogP contribution >= 0.6 is 26.2 Å². The molecule has 0 atom stereocenters. The molecule has 5 aromatic rings. The van der Waals surface area contributed by atoms with E-state index in [0.717, 1.165) is 68.1 Å². The zero-order chi connectivity index (χ0) is 29.9. The number of nitrogens with zero attached hydrogens (tertiary/aromatic N) is 3. The summed E-state index contributed by atoms with van der Waals surface area (Å²) in [5.41, 5.74) is 2.26. The molecule has 0 saturated carbocycles. The van der Waals surface area contributed by atoms with E-state index in [0.29, 0.717) is 0 Å². The van der Waals surface area contributed by atoms with Crippen LogP contribution < -0.4 is 4.18 Å². The highest BCUT2D eigenvalue weighted by molar-refractivity contribution is 9.10. The zero-order valence-electron chi connectivity index (χ0n) is 25.0. The standard InChI is InChI=1S/C35H39BrFN3OS/c1-35(2,3)42(30-12-8-6-9-13-30,31-14-10-7-11-15-31)41-33-23-26(22-27-24-28(37)17-19-32(27)33)16-18-29-25-34(36)38-40(29)21-20-39(4)5/h6-15,17,19,22-25H,16,18,20-21H2,1-5H3. The van der Waals surface area contributed by atoms with Gasteiger partial charge >= 0.3 is 0 Å². The molecule has 0 N–H and O–H groups in total. The molecule has 0 saturated heterocycles. The van der Waals surface area contributed by atoms with Crippen LogP contribution in [0, 0.1) is 5.82 Å². The van der Waals surface area contributed by atoms with E-state index in [4.69, 9.17) is 4.18 Å². The summed E-state index contributed by atoms with van der Waals surface area (Å²) in [6, 6.07) is 32.4. The van der Waals surface area contributed by atoms with E-state index in [2.05, 4.69) is 132 Å². The van der Waals surface area contributed by atoms with Crippen molar-refractivity contribution < 1.29 is 8.57 Å². The maximum Gasteiger partial charge on any atom is 0.143 e. The summed E-state index contributed by atoms with van der Waals surface area (Å²) >= 11 is 3.56. The third kappa shape index (κ3) is 6.43. The van der Waals surface area contributed by atoms with Crippen LogP contribution in [0.5, 0.6) is 5.75 Å². The van der Waals surface area contributed by atoms with Crippen LogP contribution in [0.25, 0.3) is 10.8 Å². The van der Waals surface area contributed by atoms with E-state index in [1.165, 1.54) is 6.07 Å². The number of aromatic nitrogens is 2. The van der Waals surface area contributed by atoms with Gasteiger partial charge in [-0.25, -0.2) is 4.39 Å². The van der Waals surface area contributed by atoms with Crippen LogP contribution in [0.1, 0.15) is 32.0 Å². The number of halogens is 2. The molecule has 0 bridgehead atoms. The van der Waals surface area contributed by atoms with Crippen LogP contribution in [0.2, 0.25) is 0 Å². The van der Waals surface area contributed by atoms with Gasteiger partial charge < -0.3 is 9.08 Å². The van der Waals surface area contributed by atoms with Gasteiger partial charge in [0.15, 0.2) is 0 Å². The van der Waals surface area contributed by atoms with Gasteiger partial charge in [0, 0.05) is 32.2 Å². The lowest BCUT2D eigenvalue weighted by Crippen LogP contribution is -2.30. The highest BCUT2D eigenvalue weighted by Gasteiger charge is 2.43. The lowest BCUT2D eigenvalue weighted by molar-refractivity contribution is 0.369. The minimum Gasteiger partial charge on any atom is -0.439 e. The molecule has 0 unspecified atom stereocenters. The van der Waals surface area contributed by atoms with Crippen molar-refractivity contribution in [2.75, 3.05) is 20.6 Å². The fourth-order valence-electron chi connectivity index (χ4n) is 5.38. The van der Waals surface area contributed by atoms with Crippen molar-refractivity contribution in [1.82, 2.24) is 14.7 Å². The second-order valence-corrected chi connectivity index (χ2v) is 16.1. The van der Waals surface area contributed by atoms with Gasteiger partial charge in [-0.15, -0.1) is 0 Å². The monoisotopic (exact) mass is 647 g/mol. The predicted octanol–water partition coefficient (Wildman–Crippen LogP) is 9.30. The van der Waals surface area contributed by atoms with E-state index in [-0.39, 0.29) is 10.6 Å². The first kappa shape index (κ1) is 30.3. The van der Waals surface area contributed by atoms with Crippen molar-refractivity contribution in [1.29, 1.82) is 0 Å². The Hall–Kier alpha value is -3.13. The summed E-state index contributed by atoms with van der Waals surface area (Å²) in [6.07, 6.45) is 1.58. The second-order valence-electron chi connectivity index (χ2n) is 11.8. The maximum atomic E-state index is 14.6. The minimum absolute atomic E-state index is 0.247. The largest absolute Gasteiger partial charge is 0.439 e. The van der Waals surface area contributed by atoms with Gasteiger partial charge in [-0.2, -0.15) is 5.10 Å². The first-order valence-electron chi connectivity index (χ1n) is 14.3. The van der Waals surface area contributed by atoms with Crippen molar-refractivity contribution in [2.24, 2.45) is 0 Å².